The highest BCUT2D eigenvalue weighted by Gasteiger charge is 2.32. The van der Waals surface area contributed by atoms with Gasteiger partial charge in [0.2, 0.25) is 11.8 Å². The first-order valence-corrected chi connectivity index (χ1v) is 11.3. The molecule has 1 saturated heterocycles. The van der Waals surface area contributed by atoms with Gasteiger partial charge in [-0.3, -0.25) is 14.4 Å². The highest BCUT2D eigenvalue weighted by molar-refractivity contribution is 5.91. The molecule has 1 aliphatic rings. The minimum atomic E-state index is -0.528. The van der Waals surface area contributed by atoms with E-state index in [2.05, 4.69) is 9.97 Å². The van der Waals surface area contributed by atoms with E-state index in [1.54, 1.807) is 24.4 Å². The molecule has 34 heavy (non-hydrogen) atoms. The molecule has 2 aromatic rings. The predicted molar refractivity (Wildman–Crippen MR) is 126 cm³/mol. The van der Waals surface area contributed by atoms with Crippen molar-refractivity contribution in [3.8, 4) is 17.0 Å². The van der Waals surface area contributed by atoms with Crippen LogP contribution < -0.4 is 17.2 Å². The number of H-pyrrole nitrogens is 1. The first kappa shape index (κ1) is 27.0. The van der Waals surface area contributed by atoms with E-state index in [1.165, 1.54) is 4.90 Å². The monoisotopic (exact) mass is 474 g/mol. The fraction of sp³-hybridized carbons (Fsp3) is 0.478. The van der Waals surface area contributed by atoms with Gasteiger partial charge in [0.05, 0.1) is 30.6 Å². The average Bonchev–Trinajstić information content (AvgIpc) is 3.52. The Kier molecular flexibility index (Phi) is 10.2. The van der Waals surface area contributed by atoms with Crippen molar-refractivity contribution < 1.29 is 24.6 Å². The molecule has 9 N–H and O–H groups in total. The molecule has 0 bridgehead atoms. The number of nitrogens with one attached hydrogen (secondary N) is 1. The number of nitrogens with zero attached hydrogens (tertiary/aromatic N) is 2. The number of aromatic hydroxyl groups is 1. The minimum Gasteiger partial charge on any atom is -0.507 e. The van der Waals surface area contributed by atoms with Crippen LogP contribution in [0.25, 0.3) is 11.3 Å². The topological polar surface area (TPSA) is 202 Å². The molecule has 11 heteroatoms. The number of hydrogen-bond donors (Lipinski definition) is 6. The van der Waals surface area contributed by atoms with Crippen molar-refractivity contribution in [2.75, 3.05) is 13.2 Å². The van der Waals surface area contributed by atoms with E-state index in [0.717, 1.165) is 6.42 Å². The number of phenolic OH excluding ortho intramolecular Hbond substituents is 1. The number of carbonyl (C=O) groups is 3. The number of aliphatic hydroxyl groups is 1. The number of amides is 2. The van der Waals surface area contributed by atoms with Gasteiger partial charge < -0.3 is 37.3 Å². The van der Waals surface area contributed by atoms with Crippen LogP contribution in [0.3, 0.4) is 0 Å². The van der Waals surface area contributed by atoms with E-state index in [0.29, 0.717) is 36.5 Å². The van der Waals surface area contributed by atoms with Crippen LogP contribution in [0.2, 0.25) is 0 Å². The summed E-state index contributed by atoms with van der Waals surface area (Å²) in [6.07, 6.45) is 3.79. The van der Waals surface area contributed by atoms with E-state index in [-0.39, 0.29) is 36.9 Å². The summed E-state index contributed by atoms with van der Waals surface area (Å²) in [6, 6.07) is 5.41. The van der Waals surface area contributed by atoms with Crippen LogP contribution in [0, 0.1) is 0 Å². The number of rotatable bonds is 9. The highest BCUT2D eigenvalue weighted by Crippen LogP contribution is 2.27. The summed E-state index contributed by atoms with van der Waals surface area (Å²) in [7, 11) is 0. The molecule has 3 rings (SSSR count). The third-order valence-electron chi connectivity index (χ3n) is 5.68. The minimum absolute atomic E-state index is 0.107. The molecule has 1 unspecified atom stereocenters. The van der Waals surface area contributed by atoms with E-state index in [4.69, 9.17) is 22.3 Å². The number of nitrogens with two attached hydrogens (primary N) is 3. The van der Waals surface area contributed by atoms with Gasteiger partial charge >= 0.3 is 0 Å². The molecule has 11 nitrogen and oxygen atoms in total. The molecule has 1 aliphatic heterocycles. The first-order valence-electron chi connectivity index (χ1n) is 11.3. The van der Waals surface area contributed by atoms with Crippen molar-refractivity contribution >= 4 is 17.6 Å². The average molecular weight is 475 g/mol. The summed E-state index contributed by atoms with van der Waals surface area (Å²) in [5.74, 6) is -0.0953. The second-order valence-corrected chi connectivity index (χ2v) is 8.12. The van der Waals surface area contributed by atoms with Crippen LogP contribution in [-0.4, -0.2) is 67.9 Å². The normalized spacial score (nSPS) is 16.9. The van der Waals surface area contributed by atoms with E-state index < -0.39 is 24.0 Å². The number of phenols is 1. The molecule has 0 spiro atoms. The smallest absolute Gasteiger partial charge is 0.240 e. The van der Waals surface area contributed by atoms with Gasteiger partial charge in [0, 0.05) is 24.9 Å². The zero-order valence-corrected chi connectivity index (χ0v) is 19.3. The highest BCUT2D eigenvalue weighted by atomic mass is 16.3. The van der Waals surface area contributed by atoms with Crippen LogP contribution in [0.4, 0.5) is 0 Å². The van der Waals surface area contributed by atoms with Crippen LogP contribution >= 0.6 is 0 Å². The molecule has 1 aromatic carbocycles. The number of carbonyl (C=O) groups excluding carboxylic acids is 3. The second kappa shape index (κ2) is 12.8. The summed E-state index contributed by atoms with van der Waals surface area (Å²) in [5, 5.41) is 18.5. The molecule has 1 fully saturated rings. The van der Waals surface area contributed by atoms with Crippen LogP contribution in [-0.2, 0) is 14.4 Å². The van der Waals surface area contributed by atoms with Crippen LogP contribution in [0.5, 0.6) is 5.75 Å². The van der Waals surface area contributed by atoms with Gasteiger partial charge in [0.1, 0.15) is 23.4 Å². The van der Waals surface area contributed by atoms with Crippen LogP contribution in [0.15, 0.2) is 30.5 Å². The molecular weight excluding hydrogens is 440 g/mol. The third kappa shape index (κ3) is 7.11. The Morgan fingerprint density at radius 2 is 1.94 bits per heavy atom. The number of primary amides is 1. The SMILES string of the molecule is CC[C@H](N)C(=O)CCC(=O)N1CCCC1C(N)=O.N[C@@H](CO)c1ncc(-c2ccccc2O)[nH]1. The van der Waals surface area contributed by atoms with Crippen molar-refractivity contribution in [3.63, 3.8) is 0 Å². The Bertz CT molecular complexity index is 978. The summed E-state index contributed by atoms with van der Waals surface area (Å²) < 4.78 is 0. The molecule has 1 aromatic heterocycles. The number of benzene rings is 1. The predicted octanol–water partition coefficient (Wildman–Crippen LogP) is 0.324. The summed E-state index contributed by atoms with van der Waals surface area (Å²) in [6.45, 7) is 2.20. The standard InChI is InChI=1S/C12H21N3O3.C11H13N3O2/c1-2-8(13)10(16)5-6-11(17)15-7-3-4-9(15)12(14)18;12-8(6-15)11-13-5-9(14-11)7-3-1-2-4-10(7)16/h8-9H,2-7,13H2,1H3,(H2,14,18);1-5,8,15-16H,6,12H2,(H,13,14)/t8-,9?;8-/m00/s1. The zero-order chi connectivity index (χ0) is 25.3. The van der Waals surface area contributed by atoms with Crippen molar-refractivity contribution in [3.05, 3.63) is 36.3 Å². The van der Waals surface area contributed by atoms with Crippen molar-refractivity contribution in [1.29, 1.82) is 0 Å². The maximum Gasteiger partial charge on any atom is 0.240 e. The Morgan fingerprint density at radius 1 is 1.24 bits per heavy atom. The number of Topliss-reactive ketones (excluding diaryl/α,β-unsaturated/α-hetero) is 1. The van der Waals surface area contributed by atoms with Crippen molar-refractivity contribution in [2.45, 2.75) is 57.2 Å². The fourth-order valence-corrected chi connectivity index (χ4v) is 3.60. The lowest BCUT2D eigenvalue weighted by Gasteiger charge is -2.22. The number of para-hydroxylation sites is 1. The Balaban J connectivity index is 0.000000241. The lowest BCUT2D eigenvalue weighted by Crippen LogP contribution is -2.44. The molecule has 0 aliphatic carbocycles. The largest absolute Gasteiger partial charge is 0.507 e. The van der Waals surface area contributed by atoms with Gasteiger partial charge in [-0.1, -0.05) is 19.1 Å². The second-order valence-electron chi connectivity index (χ2n) is 8.12. The number of ketones is 1. The van der Waals surface area contributed by atoms with Gasteiger partial charge in [-0.25, -0.2) is 4.98 Å². The molecule has 2 heterocycles. The molecule has 186 valence electrons. The Morgan fingerprint density at radius 3 is 2.56 bits per heavy atom. The van der Waals surface area contributed by atoms with E-state index in [1.807, 2.05) is 13.0 Å². The first-order chi connectivity index (χ1) is 16.2. The van der Waals surface area contributed by atoms with Gasteiger partial charge in [0.25, 0.3) is 0 Å². The molecule has 3 atom stereocenters. The zero-order valence-electron chi connectivity index (χ0n) is 19.3. The number of aromatic nitrogens is 2. The quantitative estimate of drug-likeness (QED) is 0.298. The summed E-state index contributed by atoms with van der Waals surface area (Å²) >= 11 is 0. The number of aliphatic hydroxyl groups excluding tert-OH is 1. The Labute approximate surface area is 198 Å². The van der Waals surface area contributed by atoms with Crippen molar-refractivity contribution in [2.24, 2.45) is 17.2 Å². The lowest BCUT2D eigenvalue weighted by molar-refractivity contribution is -0.138. The Hall–Kier alpha value is -3.28. The van der Waals surface area contributed by atoms with Crippen LogP contribution in [0.1, 0.15) is 50.9 Å². The molecule has 0 radical (unpaired) electrons. The van der Waals surface area contributed by atoms with Gasteiger partial charge in [-0.2, -0.15) is 0 Å². The van der Waals surface area contributed by atoms with Gasteiger partial charge in [-0.15, -0.1) is 0 Å². The van der Waals surface area contributed by atoms with E-state index >= 15 is 0 Å². The number of likely N-dealkylation sites (tertiary alicyclic amines) is 1. The summed E-state index contributed by atoms with van der Waals surface area (Å²) in [4.78, 5) is 43.1. The van der Waals surface area contributed by atoms with E-state index in [9.17, 15) is 19.5 Å². The van der Waals surface area contributed by atoms with Gasteiger partial charge in [0.15, 0.2) is 0 Å². The molecule has 2 amide bonds. The molecular formula is C23H34N6O5. The number of imidazole rings is 1. The maximum absolute atomic E-state index is 11.9. The lowest BCUT2D eigenvalue weighted by atomic mass is 10.1. The third-order valence-corrected chi connectivity index (χ3v) is 5.68. The number of aromatic amines is 1. The van der Waals surface area contributed by atoms with Crippen molar-refractivity contribution in [1.82, 2.24) is 14.9 Å². The summed E-state index contributed by atoms with van der Waals surface area (Å²) in [5.41, 5.74) is 17.8. The van der Waals surface area contributed by atoms with Gasteiger partial charge in [-0.05, 0) is 31.4 Å². The maximum atomic E-state index is 11.9. The fourth-order valence-electron chi connectivity index (χ4n) is 3.60. The molecule has 0 saturated carbocycles. The number of hydrogen-bond acceptors (Lipinski definition) is 8.